The smallest absolute Gasteiger partial charge is 0.306 e. The first-order valence-corrected chi connectivity index (χ1v) is 11.2. The van der Waals surface area contributed by atoms with Gasteiger partial charge in [-0.25, -0.2) is 32.3 Å². The third-order valence-electron chi connectivity index (χ3n) is 4.25. The molecule has 0 saturated heterocycles. The number of thiophene rings is 1. The first-order chi connectivity index (χ1) is 14.7. The molecule has 2 amide bonds. The van der Waals surface area contributed by atoms with E-state index in [1.54, 1.807) is 37.3 Å². The molecule has 4 rings (SSSR count). The molecule has 3 aromatic heterocycles. The predicted octanol–water partition coefficient (Wildman–Crippen LogP) is 1.95. The monoisotopic (exact) mass is 457 g/mol. The van der Waals surface area contributed by atoms with Gasteiger partial charge in [-0.3, -0.25) is 4.79 Å². The number of carbonyl (C=O) groups is 1. The molecular formula is C19H15N5O5S2. The first-order valence-electron chi connectivity index (χ1n) is 8.85. The molecule has 0 unspecified atom stereocenters. The molecule has 0 saturated carbocycles. The molecule has 1 aromatic carbocycles. The first kappa shape index (κ1) is 20.5. The Morgan fingerprint density at radius 3 is 2.55 bits per heavy atom. The fourth-order valence-electron chi connectivity index (χ4n) is 2.85. The van der Waals surface area contributed by atoms with Gasteiger partial charge in [0.2, 0.25) is 0 Å². The van der Waals surface area contributed by atoms with Crippen molar-refractivity contribution in [3.8, 4) is 5.82 Å². The molecule has 0 atom stereocenters. The summed E-state index contributed by atoms with van der Waals surface area (Å²) in [5, 5.41) is 2.67. The number of sulfonamides is 1. The summed E-state index contributed by atoms with van der Waals surface area (Å²) in [6, 6.07) is 11.4. The highest BCUT2D eigenvalue weighted by molar-refractivity contribution is 7.92. The number of rotatable bonds is 4. The summed E-state index contributed by atoms with van der Waals surface area (Å²) in [4.78, 5) is 44.5. The van der Waals surface area contributed by atoms with Crippen LogP contribution in [0, 0.1) is 6.92 Å². The molecule has 3 heterocycles. The fourth-order valence-corrected chi connectivity index (χ4v) is 5.04. The third kappa shape index (κ3) is 4.11. The second kappa shape index (κ2) is 7.81. The third-order valence-corrected chi connectivity index (χ3v) is 7.07. The van der Waals surface area contributed by atoms with Crippen LogP contribution in [-0.4, -0.2) is 29.0 Å². The zero-order chi connectivity index (χ0) is 22.2. The molecule has 0 spiro atoms. The number of amides is 2. The average molecular weight is 457 g/mol. The summed E-state index contributed by atoms with van der Waals surface area (Å²) in [5.41, 5.74) is -0.621. The largest absolute Gasteiger partial charge is 0.334 e. The van der Waals surface area contributed by atoms with Crippen LogP contribution in [-0.2, 0) is 10.0 Å². The summed E-state index contributed by atoms with van der Waals surface area (Å²) < 4.78 is 27.2. The number of aromatic amines is 1. The molecule has 158 valence electrons. The second-order valence-corrected chi connectivity index (χ2v) is 9.64. The van der Waals surface area contributed by atoms with Crippen LogP contribution in [0.2, 0.25) is 0 Å². The highest BCUT2D eigenvalue weighted by Crippen LogP contribution is 2.20. The standard InChI is InChI=1S/C19H15N5O5S2/c1-11-6-9-16(30-11)31(28,29)23-18(26)21-12-7-8-15(20-10-12)24-17(25)13-4-2-3-5-14(13)22-19(24)27/h2-10H,1H3,(H,22,27)(H2,21,23,26). The van der Waals surface area contributed by atoms with Crippen LogP contribution in [0.15, 0.2) is 68.5 Å². The van der Waals surface area contributed by atoms with E-state index in [1.165, 1.54) is 24.4 Å². The van der Waals surface area contributed by atoms with Crippen LogP contribution in [0.5, 0.6) is 0 Å². The molecule has 3 N–H and O–H groups in total. The van der Waals surface area contributed by atoms with E-state index >= 15 is 0 Å². The molecule has 0 fully saturated rings. The summed E-state index contributed by atoms with van der Waals surface area (Å²) in [6.45, 7) is 1.75. The molecule has 0 radical (unpaired) electrons. The summed E-state index contributed by atoms with van der Waals surface area (Å²) in [6.07, 6.45) is 1.21. The number of nitrogens with zero attached hydrogens (tertiary/aromatic N) is 2. The topological polar surface area (TPSA) is 143 Å². The minimum atomic E-state index is -4.00. The normalized spacial score (nSPS) is 11.4. The Morgan fingerprint density at radius 1 is 1.10 bits per heavy atom. The van der Waals surface area contributed by atoms with Crippen LogP contribution in [0.1, 0.15) is 4.88 Å². The van der Waals surface area contributed by atoms with Crippen molar-refractivity contribution in [1.29, 1.82) is 0 Å². The highest BCUT2D eigenvalue weighted by Gasteiger charge is 2.19. The number of hydrogen-bond acceptors (Lipinski definition) is 7. The molecular weight excluding hydrogens is 442 g/mol. The number of H-pyrrole nitrogens is 1. The molecule has 0 aliphatic heterocycles. The van der Waals surface area contributed by atoms with Gasteiger partial charge < -0.3 is 10.3 Å². The highest BCUT2D eigenvalue weighted by atomic mass is 32.2. The maximum Gasteiger partial charge on any atom is 0.334 e. The maximum absolute atomic E-state index is 12.7. The molecule has 0 aliphatic rings. The SMILES string of the molecule is Cc1ccc(S(=O)(=O)NC(=O)Nc2ccc(-n3c(=O)[nH]c4ccccc4c3=O)nc2)s1. The minimum absolute atomic E-state index is 0.0172. The number of nitrogens with one attached hydrogen (secondary N) is 3. The van der Waals surface area contributed by atoms with E-state index in [1.807, 2.05) is 4.72 Å². The van der Waals surface area contributed by atoms with Crippen LogP contribution in [0.25, 0.3) is 16.7 Å². The van der Waals surface area contributed by atoms with E-state index in [2.05, 4.69) is 15.3 Å². The van der Waals surface area contributed by atoms with E-state index < -0.39 is 27.3 Å². The molecule has 4 aromatic rings. The van der Waals surface area contributed by atoms with E-state index in [9.17, 15) is 22.8 Å². The van der Waals surface area contributed by atoms with Crippen molar-refractivity contribution in [2.75, 3.05) is 5.32 Å². The number of pyridine rings is 1. The lowest BCUT2D eigenvalue weighted by Gasteiger charge is -2.09. The summed E-state index contributed by atoms with van der Waals surface area (Å²) >= 11 is 1.04. The Morgan fingerprint density at radius 2 is 1.87 bits per heavy atom. The van der Waals surface area contributed by atoms with E-state index in [-0.39, 0.29) is 15.7 Å². The van der Waals surface area contributed by atoms with Crippen molar-refractivity contribution in [2.24, 2.45) is 0 Å². The second-order valence-electron chi connectivity index (χ2n) is 6.45. The van der Waals surface area contributed by atoms with Gasteiger partial charge in [-0.1, -0.05) is 12.1 Å². The van der Waals surface area contributed by atoms with Gasteiger partial charge in [-0.15, -0.1) is 11.3 Å². The number of para-hydroxylation sites is 1. The Labute approximate surface area is 179 Å². The van der Waals surface area contributed by atoms with Crippen LogP contribution < -0.4 is 21.3 Å². The van der Waals surface area contributed by atoms with Crippen molar-refractivity contribution >= 4 is 44.0 Å². The number of urea groups is 1. The number of aryl methyl sites for hydroxylation is 1. The lowest BCUT2D eigenvalue weighted by Crippen LogP contribution is -2.35. The van der Waals surface area contributed by atoms with Gasteiger partial charge in [0, 0.05) is 4.88 Å². The van der Waals surface area contributed by atoms with Gasteiger partial charge in [0.05, 0.1) is 22.8 Å². The minimum Gasteiger partial charge on any atom is -0.306 e. The molecule has 12 heteroatoms. The molecule has 31 heavy (non-hydrogen) atoms. The summed E-state index contributed by atoms with van der Waals surface area (Å²) in [7, 11) is -4.00. The van der Waals surface area contributed by atoms with E-state index in [0.29, 0.717) is 10.9 Å². The molecule has 0 bridgehead atoms. The van der Waals surface area contributed by atoms with Crippen LogP contribution in [0.4, 0.5) is 10.5 Å². The number of fused-ring (bicyclic) bond motifs is 1. The number of hydrogen-bond donors (Lipinski definition) is 3. The molecule has 10 nitrogen and oxygen atoms in total. The Hall–Kier alpha value is -3.77. The van der Waals surface area contributed by atoms with Crippen molar-refractivity contribution in [3.05, 3.63) is 80.4 Å². The van der Waals surface area contributed by atoms with Gasteiger partial charge in [0.1, 0.15) is 10.0 Å². The lowest BCUT2D eigenvalue weighted by molar-refractivity contribution is 0.256. The number of anilines is 1. The van der Waals surface area contributed by atoms with E-state index in [0.717, 1.165) is 20.8 Å². The lowest BCUT2D eigenvalue weighted by atomic mass is 10.2. The van der Waals surface area contributed by atoms with E-state index in [4.69, 9.17) is 0 Å². The number of benzene rings is 1. The van der Waals surface area contributed by atoms with Crippen LogP contribution >= 0.6 is 11.3 Å². The zero-order valence-electron chi connectivity index (χ0n) is 15.9. The van der Waals surface area contributed by atoms with Crippen molar-refractivity contribution < 1.29 is 13.2 Å². The zero-order valence-corrected chi connectivity index (χ0v) is 17.6. The summed E-state index contributed by atoms with van der Waals surface area (Å²) in [5.74, 6) is 0.0460. The van der Waals surface area contributed by atoms with Crippen molar-refractivity contribution in [2.45, 2.75) is 11.1 Å². The van der Waals surface area contributed by atoms with Gasteiger partial charge >= 0.3 is 11.7 Å². The van der Waals surface area contributed by atoms with Gasteiger partial charge in [-0.2, -0.15) is 0 Å². The Balaban J connectivity index is 1.55. The van der Waals surface area contributed by atoms with Gasteiger partial charge in [-0.05, 0) is 43.3 Å². The Kier molecular flexibility index (Phi) is 5.17. The van der Waals surface area contributed by atoms with Crippen molar-refractivity contribution in [1.82, 2.24) is 19.3 Å². The van der Waals surface area contributed by atoms with Crippen LogP contribution in [0.3, 0.4) is 0 Å². The van der Waals surface area contributed by atoms with Gasteiger partial charge in [0.15, 0.2) is 0 Å². The Bertz CT molecular complexity index is 1520. The van der Waals surface area contributed by atoms with Crippen molar-refractivity contribution in [3.63, 3.8) is 0 Å². The average Bonchev–Trinajstić information content (AvgIpc) is 3.16. The predicted molar refractivity (Wildman–Crippen MR) is 116 cm³/mol. The number of aromatic nitrogens is 3. The maximum atomic E-state index is 12.7. The fraction of sp³-hybridized carbons (Fsp3) is 0.0526. The van der Waals surface area contributed by atoms with Gasteiger partial charge in [0.25, 0.3) is 15.6 Å². The quantitative estimate of drug-likeness (QED) is 0.427. The number of carbonyl (C=O) groups excluding carboxylic acids is 1. The molecule has 0 aliphatic carbocycles.